The predicted octanol–water partition coefficient (Wildman–Crippen LogP) is 1.99. The lowest BCUT2D eigenvalue weighted by Gasteiger charge is -2.08. The van der Waals surface area contributed by atoms with Crippen LogP contribution in [-0.2, 0) is 10.0 Å². The molecule has 1 rings (SSSR count). The van der Waals surface area contributed by atoms with Gasteiger partial charge in [0.05, 0.1) is 18.6 Å². The standard InChI is InChI=1S/C10H14FNO3S/c1-3-6-16(13,14)12-8-4-5-10(15-2)9(11)7-8/h4-5,7,12H,3,6H2,1-2H3. The molecule has 0 unspecified atom stereocenters. The van der Waals surface area contributed by atoms with Crippen molar-refractivity contribution < 1.29 is 17.5 Å². The van der Waals surface area contributed by atoms with E-state index in [1.807, 2.05) is 0 Å². The van der Waals surface area contributed by atoms with Gasteiger partial charge < -0.3 is 4.74 Å². The number of halogens is 1. The van der Waals surface area contributed by atoms with Crippen LogP contribution >= 0.6 is 0 Å². The Morgan fingerprint density at radius 1 is 1.44 bits per heavy atom. The third-order valence-electron chi connectivity index (χ3n) is 1.90. The Morgan fingerprint density at radius 2 is 2.12 bits per heavy atom. The fourth-order valence-electron chi connectivity index (χ4n) is 1.23. The zero-order valence-corrected chi connectivity index (χ0v) is 9.97. The van der Waals surface area contributed by atoms with Gasteiger partial charge >= 0.3 is 0 Å². The number of benzene rings is 1. The molecule has 1 aromatic rings. The van der Waals surface area contributed by atoms with Crippen LogP contribution in [0.1, 0.15) is 13.3 Å². The molecule has 0 spiro atoms. The van der Waals surface area contributed by atoms with E-state index in [2.05, 4.69) is 4.72 Å². The summed E-state index contributed by atoms with van der Waals surface area (Å²) in [6, 6.07) is 3.92. The van der Waals surface area contributed by atoms with E-state index in [4.69, 9.17) is 4.74 Å². The number of nitrogens with one attached hydrogen (secondary N) is 1. The average Bonchev–Trinajstić information content (AvgIpc) is 2.17. The van der Waals surface area contributed by atoms with Crippen molar-refractivity contribution in [3.63, 3.8) is 0 Å². The largest absolute Gasteiger partial charge is 0.494 e. The van der Waals surface area contributed by atoms with E-state index in [-0.39, 0.29) is 17.2 Å². The van der Waals surface area contributed by atoms with E-state index in [1.54, 1.807) is 6.92 Å². The van der Waals surface area contributed by atoms with E-state index < -0.39 is 15.8 Å². The number of hydrogen-bond donors (Lipinski definition) is 1. The zero-order chi connectivity index (χ0) is 12.2. The van der Waals surface area contributed by atoms with E-state index in [1.165, 1.54) is 19.2 Å². The number of rotatable bonds is 5. The van der Waals surface area contributed by atoms with Gasteiger partial charge in [-0.05, 0) is 18.6 Å². The van der Waals surface area contributed by atoms with Crippen LogP contribution in [0, 0.1) is 5.82 Å². The van der Waals surface area contributed by atoms with Crippen LogP contribution in [0.25, 0.3) is 0 Å². The Hall–Kier alpha value is -1.30. The zero-order valence-electron chi connectivity index (χ0n) is 9.16. The third-order valence-corrected chi connectivity index (χ3v) is 3.39. The predicted molar refractivity (Wildman–Crippen MR) is 60.7 cm³/mol. The summed E-state index contributed by atoms with van der Waals surface area (Å²) < 4.78 is 43.1. The van der Waals surface area contributed by atoms with Crippen molar-refractivity contribution in [2.75, 3.05) is 17.6 Å². The second kappa shape index (κ2) is 5.16. The summed E-state index contributed by atoms with van der Waals surface area (Å²) in [5, 5.41) is 0. The first-order valence-electron chi connectivity index (χ1n) is 4.82. The molecule has 0 aliphatic heterocycles. The summed E-state index contributed by atoms with van der Waals surface area (Å²) in [5.41, 5.74) is 0.201. The molecule has 16 heavy (non-hydrogen) atoms. The summed E-state index contributed by atoms with van der Waals surface area (Å²) >= 11 is 0. The number of hydrogen-bond acceptors (Lipinski definition) is 3. The minimum absolute atomic E-state index is 0.0145. The van der Waals surface area contributed by atoms with E-state index >= 15 is 0 Å². The molecule has 0 bridgehead atoms. The van der Waals surface area contributed by atoms with Crippen molar-refractivity contribution in [1.82, 2.24) is 0 Å². The maximum atomic E-state index is 13.3. The van der Waals surface area contributed by atoms with Crippen molar-refractivity contribution >= 4 is 15.7 Å². The number of anilines is 1. The summed E-state index contributed by atoms with van der Waals surface area (Å²) in [4.78, 5) is 0. The van der Waals surface area contributed by atoms with Gasteiger partial charge in [-0.25, -0.2) is 12.8 Å². The van der Waals surface area contributed by atoms with Gasteiger partial charge in [0, 0.05) is 6.07 Å². The van der Waals surface area contributed by atoms with Crippen LogP contribution < -0.4 is 9.46 Å². The van der Waals surface area contributed by atoms with Gasteiger partial charge in [0.25, 0.3) is 0 Å². The molecule has 90 valence electrons. The van der Waals surface area contributed by atoms with Gasteiger partial charge in [0.2, 0.25) is 10.0 Å². The fraction of sp³-hybridized carbons (Fsp3) is 0.400. The molecule has 0 radical (unpaired) electrons. The maximum absolute atomic E-state index is 13.3. The lowest BCUT2D eigenvalue weighted by molar-refractivity contribution is 0.386. The molecule has 0 heterocycles. The first kappa shape index (κ1) is 12.8. The Morgan fingerprint density at radius 3 is 2.62 bits per heavy atom. The minimum Gasteiger partial charge on any atom is -0.494 e. The summed E-state index contributed by atoms with van der Waals surface area (Å²) in [6.07, 6.45) is 0.508. The van der Waals surface area contributed by atoms with Crippen molar-refractivity contribution in [3.05, 3.63) is 24.0 Å². The van der Waals surface area contributed by atoms with E-state index in [0.29, 0.717) is 6.42 Å². The summed E-state index contributed by atoms with van der Waals surface area (Å²) in [5.74, 6) is -0.502. The molecule has 0 saturated heterocycles. The smallest absolute Gasteiger partial charge is 0.232 e. The molecular formula is C10H14FNO3S. The molecule has 0 aromatic heterocycles. The highest BCUT2D eigenvalue weighted by molar-refractivity contribution is 7.92. The Balaban J connectivity index is 2.87. The van der Waals surface area contributed by atoms with E-state index in [9.17, 15) is 12.8 Å². The van der Waals surface area contributed by atoms with Crippen LogP contribution in [0.3, 0.4) is 0 Å². The number of ether oxygens (including phenoxy) is 1. The first-order valence-corrected chi connectivity index (χ1v) is 6.47. The normalized spacial score (nSPS) is 11.2. The molecule has 0 fully saturated rings. The Kier molecular flexibility index (Phi) is 4.12. The van der Waals surface area contributed by atoms with Gasteiger partial charge in [0.15, 0.2) is 11.6 Å². The topological polar surface area (TPSA) is 55.4 Å². The monoisotopic (exact) mass is 247 g/mol. The Labute approximate surface area is 94.5 Å². The lowest BCUT2D eigenvalue weighted by Crippen LogP contribution is -2.16. The second-order valence-electron chi connectivity index (χ2n) is 3.27. The average molecular weight is 247 g/mol. The lowest BCUT2D eigenvalue weighted by atomic mass is 10.3. The highest BCUT2D eigenvalue weighted by atomic mass is 32.2. The fourth-order valence-corrected chi connectivity index (χ4v) is 2.35. The van der Waals surface area contributed by atoms with Gasteiger partial charge in [-0.3, -0.25) is 4.72 Å². The molecule has 0 amide bonds. The molecule has 0 aliphatic rings. The quantitative estimate of drug-likeness (QED) is 0.865. The first-order chi connectivity index (χ1) is 7.48. The van der Waals surface area contributed by atoms with Gasteiger partial charge in [0.1, 0.15) is 0 Å². The highest BCUT2D eigenvalue weighted by Crippen LogP contribution is 2.21. The van der Waals surface area contributed by atoms with Crippen molar-refractivity contribution in [2.24, 2.45) is 0 Å². The van der Waals surface area contributed by atoms with Gasteiger partial charge in [-0.1, -0.05) is 6.92 Å². The molecule has 6 heteroatoms. The van der Waals surface area contributed by atoms with Crippen LogP contribution in [0.15, 0.2) is 18.2 Å². The molecule has 1 aromatic carbocycles. The second-order valence-corrected chi connectivity index (χ2v) is 5.11. The van der Waals surface area contributed by atoms with Crippen molar-refractivity contribution in [2.45, 2.75) is 13.3 Å². The highest BCUT2D eigenvalue weighted by Gasteiger charge is 2.10. The van der Waals surface area contributed by atoms with Crippen LogP contribution in [0.5, 0.6) is 5.75 Å². The molecule has 0 aliphatic carbocycles. The van der Waals surface area contributed by atoms with Crippen LogP contribution in [0.2, 0.25) is 0 Å². The van der Waals surface area contributed by atoms with Gasteiger partial charge in [-0.15, -0.1) is 0 Å². The third kappa shape index (κ3) is 3.37. The van der Waals surface area contributed by atoms with E-state index in [0.717, 1.165) is 6.07 Å². The SMILES string of the molecule is CCCS(=O)(=O)Nc1ccc(OC)c(F)c1. The van der Waals surface area contributed by atoms with Crippen LogP contribution in [-0.4, -0.2) is 21.3 Å². The molecule has 1 N–H and O–H groups in total. The molecule has 4 nitrogen and oxygen atoms in total. The van der Waals surface area contributed by atoms with Crippen molar-refractivity contribution in [3.8, 4) is 5.75 Å². The minimum atomic E-state index is -3.38. The molecule has 0 atom stereocenters. The molecular weight excluding hydrogens is 233 g/mol. The Bertz CT molecular complexity index is 459. The van der Waals surface area contributed by atoms with Gasteiger partial charge in [-0.2, -0.15) is 0 Å². The summed E-state index contributed by atoms with van der Waals surface area (Å²) in [6.45, 7) is 1.76. The number of methoxy groups -OCH3 is 1. The number of sulfonamides is 1. The maximum Gasteiger partial charge on any atom is 0.232 e. The van der Waals surface area contributed by atoms with Crippen molar-refractivity contribution in [1.29, 1.82) is 0 Å². The molecule has 0 saturated carbocycles. The summed E-state index contributed by atoms with van der Waals surface area (Å²) in [7, 11) is -2.03. The van der Waals surface area contributed by atoms with Crippen LogP contribution in [0.4, 0.5) is 10.1 Å².